The van der Waals surface area contributed by atoms with Crippen molar-refractivity contribution < 1.29 is 17.9 Å². The lowest BCUT2D eigenvalue weighted by Gasteiger charge is -2.15. The topological polar surface area (TPSA) is 76.7 Å². The average Bonchev–Trinajstić information content (AvgIpc) is 2.44. The number of rotatable bonds is 7. The lowest BCUT2D eigenvalue weighted by Crippen LogP contribution is -2.37. The highest BCUT2D eigenvalue weighted by Crippen LogP contribution is 2.35. The molecule has 1 rings (SSSR count). The van der Waals surface area contributed by atoms with Crippen LogP contribution in [0.5, 0.6) is 11.5 Å². The molecule has 0 bridgehead atoms. The molecule has 20 heavy (non-hydrogen) atoms. The molecule has 0 heterocycles. The third kappa shape index (κ3) is 4.08. The van der Waals surface area contributed by atoms with Crippen LogP contribution in [0.1, 0.15) is 6.92 Å². The molecule has 8 heteroatoms. The molecular weight excluding hydrogens is 348 g/mol. The minimum atomic E-state index is -3.66. The van der Waals surface area contributed by atoms with Gasteiger partial charge >= 0.3 is 0 Å². The summed E-state index contributed by atoms with van der Waals surface area (Å²) < 4.78 is 37.9. The van der Waals surface area contributed by atoms with E-state index in [1.807, 2.05) is 6.92 Å². The minimum Gasteiger partial charge on any atom is -0.495 e. The van der Waals surface area contributed by atoms with Gasteiger partial charge in [-0.2, -0.15) is 0 Å². The Morgan fingerprint density at radius 3 is 2.35 bits per heavy atom. The van der Waals surface area contributed by atoms with Crippen molar-refractivity contribution >= 4 is 26.0 Å². The Hall–Kier alpha value is -0.830. The predicted octanol–water partition coefficient (Wildman–Crippen LogP) is 1.35. The van der Waals surface area contributed by atoms with Crippen LogP contribution in [0.3, 0.4) is 0 Å². The maximum absolute atomic E-state index is 12.3. The maximum atomic E-state index is 12.3. The zero-order valence-corrected chi connectivity index (χ0v) is 14.3. The second-order valence-electron chi connectivity index (χ2n) is 4.18. The second kappa shape index (κ2) is 7.26. The first-order chi connectivity index (χ1) is 9.35. The summed E-state index contributed by atoms with van der Waals surface area (Å²) in [5.74, 6) is 0.735. The number of hydrogen-bond acceptors (Lipinski definition) is 5. The van der Waals surface area contributed by atoms with E-state index in [1.165, 1.54) is 26.4 Å². The van der Waals surface area contributed by atoms with Crippen molar-refractivity contribution in [3.63, 3.8) is 0 Å². The van der Waals surface area contributed by atoms with Crippen LogP contribution in [-0.4, -0.2) is 42.3 Å². The molecular formula is C12H19BrN2O4S. The van der Waals surface area contributed by atoms with E-state index >= 15 is 0 Å². The molecule has 0 saturated carbocycles. The molecule has 0 radical (unpaired) electrons. The van der Waals surface area contributed by atoms with E-state index in [4.69, 9.17) is 9.47 Å². The third-order valence-corrected chi connectivity index (χ3v) is 4.86. The molecule has 1 unspecified atom stereocenters. The quantitative estimate of drug-likeness (QED) is 0.761. The fourth-order valence-electron chi connectivity index (χ4n) is 1.46. The Bertz CT molecular complexity index is 563. The third-order valence-electron chi connectivity index (χ3n) is 2.80. The van der Waals surface area contributed by atoms with Crippen LogP contribution in [0.4, 0.5) is 0 Å². The van der Waals surface area contributed by atoms with Gasteiger partial charge in [0.05, 0.1) is 18.7 Å². The molecule has 1 aromatic carbocycles. The molecule has 0 amide bonds. The minimum absolute atomic E-state index is 0.0254. The zero-order valence-electron chi connectivity index (χ0n) is 11.9. The molecule has 0 fully saturated rings. The highest BCUT2D eigenvalue weighted by atomic mass is 79.9. The van der Waals surface area contributed by atoms with Crippen LogP contribution >= 0.6 is 15.9 Å². The number of sulfonamides is 1. The summed E-state index contributed by atoms with van der Waals surface area (Å²) in [6.07, 6.45) is 0. The van der Waals surface area contributed by atoms with E-state index < -0.39 is 10.0 Å². The molecule has 6 nitrogen and oxygen atoms in total. The fourth-order valence-corrected chi connectivity index (χ4v) is 3.42. The molecule has 114 valence electrons. The number of ether oxygens (including phenoxy) is 2. The van der Waals surface area contributed by atoms with Crippen molar-refractivity contribution in [2.24, 2.45) is 0 Å². The van der Waals surface area contributed by atoms with Gasteiger partial charge in [-0.05, 0) is 36.0 Å². The lowest BCUT2D eigenvalue weighted by atomic mass is 10.3. The summed E-state index contributed by atoms with van der Waals surface area (Å²) in [6, 6.07) is 3.02. The van der Waals surface area contributed by atoms with Crippen LogP contribution in [-0.2, 0) is 10.0 Å². The number of hydrogen-bond donors (Lipinski definition) is 2. The Kier molecular flexibility index (Phi) is 6.25. The number of methoxy groups -OCH3 is 2. The van der Waals surface area contributed by atoms with E-state index in [0.717, 1.165) is 0 Å². The Labute approximate surface area is 128 Å². The highest BCUT2D eigenvalue weighted by Gasteiger charge is 2.22. The molecule has 0 aliphatic carbocycles. The van der Waals surface area contributed by atoms with Crippen molar-refractivity contribution in [1.29, 1.82) is 0 Å². The number of likely N-dealkylation sites (N-methyl/N-ethyl adjacent to an activating group) is 1. The predicted molar refractivity (Wildman–Crippen MR) is 81.0 cm³/mol. The molecule has 0 saturated heterocycles. The summed E-state index contributed by atoms with van der Waals surface area (Å²) in [7, 11) is 1.03. The SMILES string of the molecule is CNC(C)CNS(=O)(=O)c1cc(Br)c(OC)cc1OC. The molecule has 0 aliphatic heterocycles. The van der Waals surface area contributed by atoms with E-state index in [9.17, 15) is 8.42 Å². The first-order valence-corrected chi connectivity index (χ1v) is 8.21. The van der Waals surface area contributed by atoms with Gasteiger partial charge in [-0.15, -0.1) is 0 Å². The molecule has 2 N–H and O–H groups in total. The fraction of sp³-hybridized carbons (Fsp3) is 0.500. The van der Waals surface area contributed by atoms with Crippen LogP contribution in [0, 0.1) is 0 Å². The van der Waals surface area contributed by atoms with Gasteiger partial charge in [-0.3, -0.25) is 0 Å². The molecule has 0 aliphatic rings. The van der Waals surface area contributed by atoms with Crippen molar-refractivity contribution in [2.75, 3.05) is 27.8 Å². The molecule has 0 aromatic heterocycles. The van der Waals surface area contributed by atoms with Crippen molar-refractivity contribution in [2.45, 2.75) is 17.9 Å². The van der Waals surface area contributed by atoms with Gasteiger partial charge < -0.3 is 14.8 Å². The highest BCUT2D eigenvalue weighted by molar-refractivity contribution is 9.10. The van der Waals surface area contributed by atoms with Crippen LogP contribution in [0.2, 0.25) is 0 Å². The van der Waals surface area contributed by atoms with Crippen molar-refractivity contribution in [3.05, 3.63) is 16.6 Å². The standard InChI is InChI=1S/C12H19BrN2O4S/c1-8(14-2)7-15-20(16,17)12-5-9(13)10(18-3)6-11(12)19-4/h5-6,8,14-15H,7H2,1-4H3. The summed E-state index contributed by atoms with van der Waals surface area (Å²) in [5, 5.41) is 2.96. The van der Waals surface area contributed by atoms with Crippen molar-refractivity contribution in [3.8, 4) is 11.5 Å². The Morgan fingerprint density at radius 1 is 1.25 bits per heavy atom. The van der Waals surface area contributed by atoms with Crippen LogP contribution in [0.25, 0.3) is 0 Å². The first kappa shape index (κ1) is 17.2. The van der Waals surface area contributed by atoms with E-state index in [1.54, 1.807) is 7.05 Å². The lowest BCUT2D eigenvalue weighted by molar-refractivity contribution is 0.384. The van der Waals surface area contributed by atoms with Gasteiger partial charge in [0.15, 0.2) is 0 Å². The van der Waals surface area contributed by atoms with Crippen molar-refractivity contribution in [1.82, 2.24) is 10.0 Å². The van der Waals surface area contributed by atoms with Gasteiger partial charge in [0.25, 0.3) is 0 Å². The maximum Gasteiger partial charge on any atom is 0.244 e. The smallest absolute Gasteiger partial charge is 0.244 e. The largest absolute Gasteiger partial charge is 0.495 e. The zero-order chi connectivity index (χ0) is 15.3. The van der Waals surface area contributed by atoms with E-state index in [-0.39, 0.29) is 23.2 Å². The van der Waals surface area contributed by atoms with Gasteiger partial charge in [0, 0.05) is 18.7 Å². The summed E-state index contributed by atoms with van der Waals surface area (Å²) in [5.41, 5.74) is 0. The monoisotopic (exact) mass is 366 g/mol. The van der Waals surface area contributed by atoms with Gasteiger partial charge in [-0.1, -0.05) is 0 Å². The van der Waals surface area contributed by atoms with E-state index in [2.05, 4.69) is 26.0 Å². The van der Waals surface area contributed by atoms with Gasteiger partial charge in [-0.25, -0.2) is 13.1 Å². The summed E-state index contributed by atoms with van der Waals surface area (Å²) in [6.45, 7) is 2.16. The molecule has 1 aromatic rings. The number of halogens is 1. The summed E-state index contributed by atoms with van der Waals surface area (Å²) >= 11 is 3.27. The van der Waals surface area contributed by atoms with Gasteiger partial charge in [0.2, 0.25) is 10.0 Å². The normalized spacial score (nSPS) is 13.1. The van der Waals surface area contributed by atoms with Gasteiger partial charge in [0.1, 0.15) is 16.4 Å². The van der Waals surface area contributed by atoms with Crippen LogP contribution < -0.4 is 19.5 Å². The van der Waals surface area contributed by atoms with E-state index in [0.29, 0.717) is 10.2 Å². The number of benzene rings is 1. The second-order valence-corrected chi connectivity index (χ2v) is 6.77. The average molecular weight is 367 g/mol. The Morgan fingerprint density at radius 2 is 1.85 bits per heavy atom. The summed E-state index contributed by atoms with van der Waals surface area (Å²) in [4.78, 5) is 0.0657. The molecule has 1 atom stereocenters. The van der Waals surface area contributed by atoms with Crippen LogP contribution in [0.15, 0.2) is 21.5 Å². The Balaban J connectivity index is 3.14. The number of nitrogens with one attached hydrogen (secondary N) is 2. The molecule has 0 spiro atoms. The first-order valence-electron chi connectivity index (χ1n) is 5.94.